The van der Waals surface area contributed by atoms with E-state index in [4.69, 9.17) is 14.7 Å². The van der Waals surface area contributed by atoms with E-state index >= 15 is 0 Å². The van der Waals surface area contributed by atoms with E-state index in [2.05, 4.69) is 63.9 Å². The molecular formula is C31H32N6O2. The lowest BCUT2D eigenvalue weighted by Crippen LogP contribution is -2.52. The number of para-hydroxylation sites is 1. The largest absolute Gasteiger partial charge is 0.356 e. The van der Waals surface area contributed by atoms with Gasteiger partial charge in [0.25, 0.3) is 0 Å². The number of morpholine rings is 1. The molecular weight excluding hydrogens is 488 g/mol. The maximum atomic E-state index is 11.8. The third kappa shape index (κ3) is 4.69. The smallest absolute Gasteiger partial charge is 0.247 e. The van der Waals surface area contributed by atoms with Crippen LogP contribution < -0.4 is 10.6 Å². The van der Waals surface area contributed by atoms with E-state index in [9.17, 15) is 4.79 Å². The molecule has 2 aromatic rings. The summed E-state index contributed by atoms with van der Waals surface area (Å²) >= 11 is 0. The van der Waals surface area contributed by atoms with Gasteiger partial charge in [0.2, 0.25) is 5.91 Å². The quantitative estimate of drug-likeness (QED) is 0.520. The molecule has 4 unspecified atom stereocenters. The van der Waals surface area contributed by atoms with Crippen molar-refractivity contribution in [3.63, 3.8) is 0 Å². The van der Waals surface area contributed by atoms with Gasteiger partial charge < -0.3 is 20.3 Å². The number of nitrogens with zero attached hydrogens (tertiary/aromatic N) is 4. The zero-order valence-corrected chi connectivity index (χ0v) is 21.9. The van der Waals surface area contributed by atoms with Gasteiger partial charge in [-0.2, -0.15) is 0 Å². The molecule has 1 saturated carbocycles. The number of carbonyl (C=O) groups excluding carboxylic acids is 1. The first-order valence-electron chi connectivity index (χ1n) is 13.8. The molecule has 0 bridgehead atoms. The number of rotatable bonds is 8. The molecule has 1 aromatic heterocycles. The molecule has 4 atom stereocenters. The summed E-state index contributed by atoms with van der Waals surface area (Å²) in [5, 5.41) is 6.65. The number of fused-ring (bicyclic) bond motifs is 1. The minimum atomic E-state index is -0.583. The first kappa shape index (κ1) is 24.6. The van der Waals surface area contributed by atoms with Gasteiger partial charge in [-0.05, 0) is 61.2 Å². The first-order chi connectivity index (χ1) is 19.1. The van der Waals surface area contributed by atoms with Gasteiger partial charge in [0.05, 0.1) is 34.6 Å². The number of aliphatic imine (C=N–C) groups is 1. The number of hydrogen-bond donors (Lipinski definition) is 2. The second-order valence-corrected chi connectivity index (χ2v) is 11.2. The van der Waals surface area contributed by atoms with Crippen molar-refractivity contribution in [3.05, 3.63) is 67.2 Å². The summed E-state index contributed by atoms with van der Waals surface area (Å²) in [6, 6.07) is 6.20. The summed E-state index contributed by atoms with van der Waals surface area (Å²) in [4.78, 5) is 28.8. The molecule has 8 nitrogen and oxygen atoms in total. The fraction of sp³-hybridized carbons (Fsp3) is 0.419. The Morgan fingerprint density at radius 1 is 1.36 bits per heavy atom. The topological polar surface area (TPSA) is 91.7 Å². The summed E-state index contributed by atoms with van der Waals surface area (Å²) in [5.74, 6) is 6.77. The number of likely N-dealkylation sites (tertiary alicyclic amines) is 1. The van der Waals surface area contributed by atoms with Crippen LogP contribution in [-0.4, -0.2) is 77.1 Å². The van der Waals surface area contributed by atoms with Crippen molar-refractivity contribution in [2.45, 2.75) is 36.4 Å². The van der Waals surface area contributed by atoms with Crippen LogP contribution in [0.25, 0.3) is 16.6 Å². The maximum absolute atomic E-state index is 11.8. The summed E-state index contributed by atoms with van der Waals surface area (Å²) in [5.41, 5.74) is 4.97. The normalized spacial score (nSPS) is 29.8. The molecule has 39 heavy (non-hydrogen) atoms. The van der Waals surface area contributed by atoms with Crippen molar-refractivity contribution >= 4 is 28.2 Å². The van der Waals surface area contributed by atoms with Crippen LogP contribution in [0.5, 0.6) is 0 Å². The summed E-state index contributed by atoms with van der Waals surface area (Å²) in [6.07, 6.45) is 13.2. The highest BCUT2D eigenvalue weighted by Crippen LogP contribution is 2.56. The predicted molar refractivity (Wildman–Crippen MR) is 150 cm³/mol. The average Bonchev–Trinajstić information content (AvgIpc) is 3.86. The Labute approximate surface area is 229 Å². The van der Waals surface area contributed by atoms with Crippen molar-refractivity contribution in [1.29, 1.82) is 0 Å². The zero-order chi connectivity index (χ0) is 26.5. The summed E-state index contributed by atoms with van der Waals surface area (Å²) in [7, 11) is 0. The third-order valence-electron chi connectivity index (χ3n) is 8.45. The molecule has 2 N–H and O–H groups in total. The number of carbonyl (C=O) groups is 1. The Kier molecular flexibility index (Phi) is 6.11. The number of benzene rings is 1. The lowest BCUT2D eigenvalue weighted by atomic mass is 9.93. The number of aromatic nitrogens is 2. The van der Waals surface area contributed by atoms with Gasteiger partial charge in [-0.25, -0.2) is 4.98 Å². The van der Waals surface area contributed by atoms with E-state index in [-0.39, 0.29) is 18.4 Å². The van der Waals surface area contributed by atoms with Gasteiger partial charge >= 0.3 is 0 Å². The number of amides is 1. The highest BCUT2D eigenvalue weighted by Gasteiger charge is 2.72. The Morgan fingerprint density at radius 3 is 3.15 bits per heavy atom. The lowest BCUT2D eigenvalue weighted by Gasteiger charge is -2.34. The molecule has 198 valence electrons. The average molecular weight is 521 g/mol. The van der Waals surface area contributed by atoms with Gasteiger partial charge in [0.15, 0.2) is 5.66 Å². The number of nitrogens with one attached hydrogen (secondary N) is 2. The fourth-order valence-corrected chi connectivity index (χ4v) is 6.31. The van der Waals surface area contributed by atoms with Crippen molar-refractivity contribution in [1.82, 2.24) is 25.5 Å². The second kappa shape index (κ2) is 9.67. The molecule has 3 aliphatic heterocycles. The minimum Gasteiger partial charge on any atom is -0.356 e. The highest BCUT2D eigenvalue weighted by molar-refractivity contribution is 5.99. The number of allylic oxidation sites excluding steroid dienone is 2. The molecule has 3 fully saturated rings. The van der Waals surface area contributed by atoms with Gasteiger partial charge in [0, 0.05) is 39.4 Å². The van der Waals surface area contributed by atoms with Gasteiger partial charge in [-0.3, -0.25) is 14.8 Å². The van der Waals surface area contributed by atoms with Crippen LogP contribution in [-0.2, 0) is 9.53 Å². The van der Waals surface area contributed by atoms with Crippen LogP contribution in [0, 0.1) is 31.1 Å². The molecule has 5 aliphatic rings. The van der Waals surface area contributed by atoms with E-state index < -0.39 is 11.3 Å². The molecule has 0 spiro atoms. The molecule has 2 aliphatic carbocycles. The molecule has 1 amide bonds. The molecule has 1 aromatic carbocycles. The van der Waals surface area contributed by atoms with Gasteiger partial charge in [0.1, 0.15) is 12.2 Å². The number of piperidine rings is 1. The Morgan fingerprint density at radius 2 is 2.28 bits per heavy atom. The number of ether oxygens (including phenoxy) is 1. The maximum Gasteiger partial charge on any atom is 0.247 e. The first-order valence-corrected chi connectivity index (χ1v) is 13.8. The van der Waals surface area contributed by atoms with Crippen molar-refractivity contribution < 1.29 is 9.53 Å². The lowest BCUT2D eigenvalue weighted by molar-refractivity contribution is -0.134. The Bertz CT molecular complexity index is 1480. The monoisotopic (exact) mass is 520 g/mol. The molecule has 2 radical (unpaired) electrons. The SMILES string of the molecule is [CH2]C#CC(CN1CCCC(CNCC2=NC34CC3(C=C2)OCC(=O)N4)C1)c1cccc2ncc(C3=C[CH]3)nc12. The van der Waals surface area contributed by atoms with Gasteiger partial charge in [-0.1, -0.05) is 24.1 Å². The molecule has 2 saturated heterocycles. The van der Waals surface area contributed by atoms with Crippen LogP contribution in [0.4, 0.5) is 0 Å². The number of hydrogen-bond acceptors (Lipinski definition) is 7. The van der Waals surface area contributed by atoms with Crippen LogP contribution in [0.15, 0.2) is 47.6 Å². The fourth-order valence-electron chi connectivity index (χ4n) is 6.31. The zero-order valence-electron chi connectivity index (χ0n) is 21.9. The number of dihydropyridines is 1. The van der Waals surface area contributed by atoms with E-state index in [1.165, 1.54) is 6.42 Å². The Balaban J connectivity index is 0.985. The van der Waals surface area contributed by atoms with Crippen molar-refractivity contribution in [3.8, 4) is 11.8 Å². The van der Waals surface area contributed by atoms with E-state index in [1.807, 2.05) is 24.4 Å². The summed E-state index contributed by atoms with van der Waals surface area (Å²) < 4.78 is 5.77. The second-order valence-electron chi connectivity index (χ2n) is 11.2. The minimum absolute atomic E-state index is 0.0207. The van der Waals surface area contributed by atoms with Crippen LogP contribution in [0.3, 0.4) is 0 Å². The standard InChI is InChI=1S/C31H32N6O2/c1-2-5-23(25-7-3-8-26-29(25)34-27(16-33-26)22-9-10-22)18-37-13-4-6-21(17-37)14-32-15-24-11-12-30-20-31(30,35-24)36-28(38)19-39-30/h3,7-12,16,21,23,32H,1,4,6,13-15,17-20H2,(H,36,38). The predicted octanol–water partition coefficient (Wildman–Crippen LogP) is 2.45. The molecule has 4 heterocycles. The Hall–Kier alpha value is -3.38. The molecule has 8 heteroatoms. The third-order valence-corrected chi connectivity index (χ3v) is 8.45. The van der Waals surface area contributed by atoms with Crippen LogP contribution in [0.1, 0.15) is 36.4 Å². The van der Waals surface area contributed by atoms with E-state index in [0.29, 0.717) is 12.5 Å². The summed E-state index contributed by atoms with van der Waals surface area (Å²) in [6.45, 7) is 8.47. The van der Waals surface area contributed by atoms with Crippen molar-refractivity contribution in [2.75, 3.05) is 39.3 Å². The molecule has 7 rings (SSSR count). The van der Waals surface area contributed by atoms with Gasteiger partial charge in [-0.15, -0.1) is 5.92 Å². The highest BCUT2D eigenvalue weighted by atomic mass is 16.5. The van der Waals surface area contributed by atoms with Crippen molar-refractivity contribution in [2.24, 2.45) is 10.9 Å². The van der Waals surface area contributed by atoms with E-state index in [1.54, 1.807) is 0 Å². The van der Waals surface area contributed by atoms with Crippen LogP contribution >= 0.6 is 0 Å². The van der Waals surface area contributed by atoms with E-state index in [0.717, 1.165) is 72.6 Å². The van der Waals surface area contributed by atoms with Crippen LogP contribution in [0.2, 0.25) is 0 Å².